The number of hydrogen-bond donors (Lipinski definition) is 1. The molecule has 0 fully saturated rings. The summed E-state index contributed by atoms with van der Waals surface area (Å²) in [6.07, 6.45) is 0. The Kier molecular flexibility index (Phi) is 4.60. The zero-order valence-corrected chi connectivity index (χ0v) is 12.7. The van der Waals surface area contributed by atoms with Gasteiger partial charge in [-0.3, -0.25) is 0 Å². The predicted molar refractivity (Wildman–Crippen MR) is 80.0 cm³/mol. The number of thioether (sulfide) groups is 1. The number of aryl methyl sites for hydroxylation is 1. The summed E-state index contributed by atoms with van der Waals surface area (Å²) in [6, 6.07) is 10.1. The lowest BCUT2D eigenvalue weighted by Gasteiger charge is -2.06. The Morgan fingerprint density at radius 1 is 1.28 bits per heavy atom. The Balaban J connectivity index is 2.11. The van der Waals surface area contributed by atoms with Gasteiger partial charge in [0, 0.05) is 28.2 Å². The van der Waals surface area contributed by atoms with E-state index in [1.807, 2.05) is 38.2 Å². The molecule has 94 valence electrons. The zero-order valence-electron chi connectivity index (χ0n) is 10.3. The lowest BCUT2D eigenvalue weighted by Crippen LogP contribution is -2.00. The highest BCUT2D eigenvalue weighted by Crippen LogP contribution is 2.29. The minimum atomic E-state index is 0.763. The van der Waals surface area contributed by atoms with E-state index in [1.165, 1.54) is 4.90 Å². The van der Waals surface area contributed by atoms with E-state index in [9.17, 15) is 0 Å². The molecule has 5 heteroatoms. The van der Waals surface area contributed by atoms with E-state index in [0.717, 1.165) is 27.6 Å². The molecule has 18 heavy (non-hydrogen) atoms. The van der Waals surface area contributed by atoms with Gasteiger partial charge >= 0.3 is 0 Å². The first-order chi connectivity index (χ1) is 8.69. The second-order valence-corrected chi connectivity index (χ2v) is 5.65. The summed E-state index contributed by atoms with van der Waals surface area (Å²) >= 11 is 5.27. The van der Waals surface area contributed by atoms with Crippen molar-refractivity contribution >= 4 is 33.5 Å². The number of hydrogen-bond acceptors (Lipinski definition) is 4. The molecule has 0 unspecified atom stereocenters. The molecule has 1 aromatic heterocycles. The average molecular weight is 324 g/mol. The monoisotopic (exact) mass is 323 g/mol. The van der Waals surface area contributed by atoms with E-state index in [0.29, 0.717) is 0 Å². The summed E-state index contributed by atoms with van der Waals surface area (Å²) in [5, 5.41) is 3.05. The van der Waals surface area contributed by atoms with Gasteiger partial charge < -0.3 is 5.32 Å². The molecule has 0 atom stereocenters. The van der Waals surface area contributed by atoms with Crippen molar-refractivity contribution in [3.8, 4) is 0 Å². The molecule has 2 aromatic rings. The minimum absolute atomic E-state index is 0.763. The van der Waals surface area contributed by atoms with Crippen molar-refractivity contribution in [2.45, 2.75) is 17.6 Å². The van der Waals surface area contributed by atoms with Gasteiger partial charge in [-0.1, -0.05) is 12.1 Å². The predicted octanol–water partition coefficient (Wildman–Crippen LogP) is 3.88. The van der Waals surface area contributed by atoms with Gasteiger partial charge in [0.05, 0.1) is 5.75 Å². The molecular formula is C13H14BrN3S. The van der Waals surface area contributed by atoms with Crippen molar-refractivity contribution in [1.82, 2.24) is 9.97 Å². The summed E-state index contributed by atoms with van der Waals surface area (Å²) in [5.41, 5.74) is 0.983. The Morgan fingerprint density at radius 2 is 2.06 bits per heavy atom. The van der Waals surface area contributed by atoms with Crippen LogP contribution in [0.5, 0.6) is 0 Å². The van der Waals surface area contributed by atoms with Crippen LogP contribution in [0, 0.1) is 6.92 Å². The second kappa shape index (κ2) is 6.20. The molecule has 1 heterocycles. The number of rotatable bonds is 4. The average Bonchev–Trinajstić information content (AvgIpc) is 2.37. The van der Waals surface area contributed by atoms with Crippen molar-refractivity contribution in [3.05, 3.63) is 46.3 Å². The van der Waals surface area contributed by atoms with Gasteiger partial charge in [0.15, 0.2) is 0 Å². The molecule has 0 amide bonds. The fourth-order valence-electron chi connectivity index (χ4n) is 1.53. The van der Waals surface area contributed by atoms with Crippen LogP contribution in [0.1, 0.15) is 11.5 Å². The Hall–Kier alpha value is -1.07. The van der Waals surface area contributed by atoms with Gasteiger partial charge in [-0.2, -0.15) is 0 Å². The van der Waals surface area contributed by atoms with Gasteiger partial charge in [-0.15, -0.1) is 11.8 Å². The number of nitrogens with one attached hydrogen (secondary N) is 1. The van der Waals surface area contributed by atoms with Crippen LogP contribution in [-0.2, 0) is 5.75 Å². The maximum Gasteiger partial charge on any atom is 0.141 e. The Labute approximate surface area is 120 Å². The lowest BCUT2D eigenvalue weighted by atomic mass is 10.4. The lowest BCUT2D eigenvalue weighted by molar-refractivity contribution is 0.996. The molecular weight excluding hydrogens is 310 g/mol. The third-order valence-electron chi connectivity index (χ3n) is 2.35. The van der Waals surface area contributed by atoms with E-state index in [2.05, 4.69) is 37.3 Å². The molecule has 0 saturated carbocycles. The topological polar surface area (TPSA) is 37.8 Å². The SMILES string of the molecule is CNc1cc(C)nc(CSc2ccccc2Br)n1. The Bertz CT molecular complexity index is 546. The summed E-state index contributed by atoms with van der Waals surface area (Å²) in [7, 11) is 1.87. The second-order valence-electron chi connectivity index (χ2n) is 3.78. The molecule has 0 saturated heterocycles. The molecule has 0 bridgehead atoms. The largest absolute Gasteiger partial charge is 0.373 e. The first-order valence-corrected chi connectivity index (χ1v) is 7.36. The van der Waals surface area contributed by atoms with Crippen LogP contribution in [0.25, 0.3) is 0 Å². The fourth-order valence-corrected chi connectivity index (χ4v) is 2.95. The molecule has 0 radical (unpaired) electrons. The van der Waals surface area contributed by atoms with Crippen molar-refractivity contribution in [2.75, 3.05) is 12.4 Å². The van der Waals surface area contributed by atoms with Crippen molar-refractivity contribution in [3.63, 3.8) is 0 Å². The molecule has 0 aliphatic heterocycles. The summed E-state index contributed by atoms with van der Waals surface area (Å²) in [6.45, 7) is 1.98. The molecule has 1 N–H and O–H groups in total. The van der Waals surface area contributed by atoms with Gasteiger partial charge in [0.25, 0.3) is 0 Å². The highest BCUT2D eigenvalue weighted by molar-refractivity contribution is 9.10. The van der Waals surface area contributed by atoms with Gasteiger partial charge in [0.1, 0.15) is 11.6 Å². The zero-order chi connectivity index (χ0) is 13.0. The molecule has 1 aromatic carbocycles. The van der Waals surface area contributed by atoms with Gasteiger partial charge in [0.2, 0.25) is 0 Å². The van der Waals surface area contributed by atoms with Crippen LogP contribution in [0.2, 0.25) is 0 Å². The third-order valence-corrected chi connectivity index (χ3v) is 4.37. The number of anilines is 1. The number of aromatic nitrogens is 2. The first kappa shape index (κ1) is 13.4. The standard InChI is InChI=1S/C13H14BrN3S/c1-9-7-12(15-2)17-13(16-9)8-18-11-6-4-3-5-10(11)14/h3-7H,8H2,1-2H3,(H,15,16,17). The summed E-state index contributed by atoms with van der Waals surface area (Å²) in [5.74, 6) is 2.48. The van der Waals surface area contributed by atoms with Gasteiger partial charge in [-0.25, -0.2) is 9.97 Å². The van der Waals surface area contributed by atoms with Crippen LogP contribution in [0.3, 0.4) is 0 Å². The Morgan fingerprint density at radius 3 is 2.78 bits per heavy atom. The molecule has 0 aliphatic carbocycles. The smallest absolute Gasteiger partial charge is 0.141 e. The number of nitrogens with zero attached hydrogens (tertiary/aromatic N) is 2. The van der Waals surface area contributed by atoms with Crippen molar-refractivity contribution in [1.29, 1.82) is 0 Å². The summed E-state index contributed by atoms with van der Waals surface area (Å²) < 4.78 is 1.11. The van der Waals surface area contributed by atoms with E-state index in [-0.39, 0.29) is 0 Å². The van der Waals surface area contributed by atoms with Crippen LogP contribution in [0.4, 0.5) is 5.82 Å². The van der Waals surface area contributed by atoms with E-state index in [1.54, 1.807) is 11.8 Å². The van der Waals surface area contributed by atoms with Crippen LogP contribution >= 0.6 is 27.7 Å². The molecule has 3 nitrogen and oxygen atoms in total. The quantitative estimate of drug-likeness (QED) is 0.866. The first-order valence-electron chi connectivity index (χ1n) is 5.58. The highest BCUT2D eigenvalue weighted by Gasteiger charge is 2.04. The fraction of sp³-hybridized carbons (Fsp3) is 0.231. The van der Waals surface area contributed by atoms with Crippen LogP contribution in [-0.4, -0.2) is 17.0 Å². The maximum absolute atomic E-state index is 4.44. The molecule has 0 aliphatic rings. The number of benzene rings is 1. The third kappa shape index (κ3) is 3.46. The van der Waals surface area contributed by atoms with E-state index >= 15 is 0 Å². The van der Waals surface area contributed by atoms with Gasteiger partial charge in [-0.05, 0) is 35.0 Å². The van der Waals surface area contributed by atoms with Crippen LogP contribution in [0.15, 0.2) is 39.7 Å². The maximum atomic E-state index is 4.44. The summed E-state index contributed by atoms with van der Waals surface area (Å²) in [4.78, 5) is 10.1. The normalized spacial score (nSPS) is 10.4. The highest BCUT2D eigenvalue weighted by atomic mass is 79.9. The van der Waals surface area contributed by atoms with Crippen molar-refractivity contribution in [2.24, 2.45) is 0 Å². The van der Waals surface area contributed by atoms with Crippen LogP contribution < -0.4 is 5.32 Å². The van der Waals surface area contributed by atoms with E-state index in [4.69, 9.17) is 0 Å². The van der Waals surface area contributed by atoms with E-state index < -0.39 is 0 Å². The number of halogens is 1. The minimum Gasteiger partial charge on any atom is -0.373 e. The van der Waals surface area contributed by atoms with Crippen molar-refractivity contribution < 1.29 is 0 Å². The molecule has 2 rings (SSSR count). The molecule has 0 spiro atoms.